The lowest BCUT2D eigenvalue weighted by Crippen LogP contribution is -2.09. The molecule has 0 aliphatic heterocycles. The van der Waals surface area contributed by atoms with E-state index in [1.807, 2.05) is 4.57 Å². The lowest BCUT2D eigenvalue weighted by molar-refractivity contribution is 0.225. The van der Waals surface area contributed by atoms with E-state index in [9.17, 15) is 8.96 Å². The van der Waals surface area contributed by atoms with Crippen molar-refractivity contribution in [3.8, 4) is 11.6 Å². The first-order valence-corrected chi connectivity index (χ1v) is 10.8. The van der Waals surface area contributed by atoms with Crippen LogP contribution in [0.5, 0.6) is 0 Å². The maximum absolute atomic E-state index is 13.9. The second kappa shape index (κ2) is 8.07. The molecule has 28 heavy (non-hydrogen) atoms. The highest BCUT2D eigenvalue weighted by Crippen LogP contribution is 2.47. The molecule has 0 atom stereocenters. The van der Waals surface area contributed by atoms with Crippen LogP contribution < -0.4 is 11.2 Å². The standard InChI is InChI=1S/C19H25FN3O4P/c1-5-25-28(24,26-6-2)16-10-9-15(27-16)19-22-18-14(23(19)11-12(3)4)8-7-13(20)17(18)21/h7-10,12H,5-6,11,21H2,1-4H3. The molecular weight excluding hydrogens is 384 g/mol. The summed E-state index contributed by atoms with van der Waals surface area (Å²) in [6.07, 6.45) is 0. The smallest absolute Gasteiger partial charge is 0.396 e. The van der Waals surface area contributed by atoms with Crippen molar-refractivity contribution in [2.75, 3.05) is 18.9 Å². The number of benzene rings is 1. The molecule has 3 aromatic rings. The Labute approximate surface area is 163 Å². The summed E-state index contributed by atoms with van der Waals surface area (Å²) in [7, 11) is -3.55. The molecule has 0 radical (unpaired) electrons. The van der Waals surface area contributed by atoms with Crippen molar-refractivity contribution in [2.45, 2.75) is 34.2 Å². The zero-order valence-corrected chi connectivity index (χ0v) is 17.3. The summed E-state index contributed by atoms with van der Waals surface area (Å²) in [5, 5.41) is 0. The Morgan fingerprint density at radius 3 is 2.50 bits per heavy atom. The lowest BCUT2D eigenvalue weighted by Gasteiger charge is -2.14. The highest BCUT2D eigenvalue weighted by Gasteiger charge is 2.32. The van der Waals surface area contributed by atoms with E-state index in [0.717, 1.165) is 0 Å². The highest BCUT2D eigenvalue weighted by atomic mass is 31.2. The average Bonchev–Trinajstić information content (AvgIpc) is 3.24. The van der Waals surface area contributed by atoms with Crippen LogP contribution in [-0.2, 0) is 20.2 Å². The lowest BCUT2D eigenvalue weighted by atomic mass is 10.2. The van der Waals surface area contributed by atoms with Crippen LogP contribution >= 0.6 is 7.60 Å². The van der Waals surface area contributed by atoms with Gasteiger partial charge in [0.15, 0.2) is 11.6 Å². The van der Waals surface area contributed by atoms with Gasteiger partial charge in [0.1, 0.15) is 11.3 Å². The number of halogens is 1. The van der Waals surface area contributed by atoms with Gasteiger partial charge in [0.2, 0.25) is 5.50 Å². The minimum atomic E-state index is -3.55. The number of hydrogen-bond donors (Lipinski definition) is 1. The van der Waals surface area contributed by atoms with E-state index in [1.54, 1.807) is 32.0 Å². The third kappa shape index (κ3) is 3.72. The van der Waals surface area contributed by atoms with Crippen LogP contribution in [0.25, 0.3) is 22.6 Å². The Kier molecular flexibility index (Phi) is 5.93. The Morgan fingerprint density at radius 2 is 1.89 bits per heavy atom. The highest BCUT2D eigenvalue weighted by molar-refractivity contribution is 7.61. The van der Waals surface area contributed by atoms with E-state index in [4.69, 9.17) is 19.2 Å². The van der Waals surface area contributed by atoms with Crippen LogP contribution in [-0.4, -0.2) is 22.8 Å². The second-order valence-corrected chi connectivity index (χ2v) is 8.69. The van der Waals surface area contributed by atoms with Gasteiger partial charge < -0.3 is 23.8 Å². The first-order chi connectivity index (χ1) is 13.3. The number of anilines is 1. The summed E-state index contributed by atoms with van der Waals surface area (Å²) in [6.45, 7) is 8.65. The molecule has 0 aliphatic rings. The maximum Gasteiger partial charge on any atom is 0.396 e. The van der Waals surface area contributed by atoms with Gasteiger partial charge in [-0.1, -0.05) is 13.8 Å². The summed E-state index contributed by atoms with van der Waals surface area (Å²) in [4.78, 5) is 4.52. The first-order valence-electron chi connectivity index (χ1n) is 9.24. The van der Waals surface area contributed by atoms with E-state index < -0.39 is 13.4 Å². The fraction of sp³-hybridized carbons (Fsp3) is 0.421. The molecule has 7 nitrogen and oxygen atoms in total. The number of nitrogens with two attached hydrogens (primary N) is 1. The van der Waals surface area contributed by atoms with Gasteiger partial charge in [-0.3, -0.25) is 4.57 Å². The van der Waals surface area contributed by atoms with E-state index in [0.29, 0.717) is 35.1 Å². The molecule has 9 heteroatoms. The van der Waals surface area contributed by atoms with Crippen molar-refractivity contribution in [3.63, 3.8) is 0 Å². The molecular formula is C19H25FN3O4P. The zero-order chi connectivity index (χ0) is 20.5. The van der Waals surface area contributed by atoms with Gasteiger partial charge in [-0.25, -0.2) is 9.37 Å². The Morgan fingerprint density at radius 1 is 1.21 bits per heavy atom. The van der Waals surface area contributed by atoms with Gasteiger partial charge in [-0.05, 0) is 44.0 Å². The molecule has 3 rings (SSSR count). The zero-order valence-electron chi connectivity index (χ0n) is 16.4. The number of nitrogens with zero attached hydrogens (tertiary/aromatic N) is 2. The third-order valence-electron chi connectivity index (χ3n) is 4.13. The SMILES string of the molecule is CCOP(=O)(OCC)c1ccc(-c2nc3c(N)c(F)ccc3n2CC(C)C)o1. The van der Waals surface area contributed by atoms with Crippen LogP contribution in [0, 0.1) is 11.7 Å². The topological polar surface area (TPSA) is 92.5 Å². The van der Waals surface area contributed by atoms with E-state index in [1.165, 1.54) is 6.07 Å². The third-order valence-corrected chi connectivity index (χ3v) is 6.11. The van der Waals surface area contributed by atoms with Gasteiger partial charge in [-0.2, -0.15) is 0 Å². The Hall–Kier alpha value is -2.15. The number of imidazole rings is 1. The molecule has 2 aromatic heterocycles. The molecule has 0 saturated carbocycles. The minimum Gasteiger partial charge on any atom is -0.445 e. The Balaban J connectivity index is 2.15. The molecule has 2 heterocycles. The number of hydrogen-bond acceptors (Lipinski definition) is 6. The number of fused-ring (bicyclic) bond motifs is 1. The van der Waals surface area contributed by atoms with Gasteiger partial charge in [0, 0.05) is 6.54 Å². The number of furan rings is 1. The van der Waals surface area contributed by atoms with Crippen LogP contribution in [0.1, 0.15) is 27.7 Å². The van der Waals surface area contributed by atoms with Crippen molar-refractivity contribution >= 4 is 29.8 Å². The molecule has 0 spiro atoms. The van der Waals surface area contributed by atoms with E-state index >= 15 is 0 Å². The maximum atomic E-state index is 13.9. The molecule has 2 N–H and O–H groups in total. The van der Waals surface area contributed by atoms with Crippen LogP contribution in [0.2, 0.25) is 0 Å². The molecule has 0 saturated heterocycles. The summed E-state index contributed by atoms with van der Waals surface area (Å²) < 4.78 is 45.3. The van der Waals surface area contributed by atoms with Gasteiger partial charge >= 0.3 is 7.60 Å². The average molecular weight is 409 g/mol. The molecule has 0 fully saturated rings. The molecule has 1 aromatic carbocycles. The summed E-state index contributed by atoms with van der Waals surface area (Å²) in [6, 6.07) is 6.19. The van der Waals surface area contributed by atoms with Crippen molar-refractivity contribution in [1.29, 1.82) is 0 Å². The van der Waals surface area contributed by atoms with Gasteiger partial charge in [-0.15, -0.1) is 0 Å². The van der Waals surface area contributed by atoms with E-state index in [2.05, 4.69) is 18.8 Å². The summed E-state index contributed by atoms with van der Waals surface area (Å²) >= 11 is 0. The monoisotopic (exact) mass is 409 g/mol. The summed E-state index contributed by atoms with van der Waals surface area (Å²) in [5.41, 5.74) is 7.06. The number of aromatic nitrogens is 2. The van der Waals surface area contributed by atoms with Crippen molar-refractivity contribution < 1.29 is 22.4 Å². The summed E-state index contributed by atoms with van der Waals surface area (Å²) in [5.74, 6) is 0.637. The Bertz CT molecular complexity index is 1020. The molecule has 0 unspecified atom stereocenters. The molecule has 152 valence electrons. The van der Waals surface area contributed by atoms with Gasteiger partial charge in [0.25, 0.3) is 0 Å². The first kappa shape index (κ1) is 20.6. The van der Waals surface area contributed by atoms with Crippen molar-refractivity contribution in [2.24, 2.45) is 5.92 Å². The predicted molar refractivity (Wildman–Crippen MR) is 107 cm³/mol. The van der Waals surface area contributed by atoms with Crippen LogP contribution in [0.15, 0.2) is 28.7 Å². The predicted octanol–water partition coefficient (Wildman–Crippen LogP) is 4.57. The quantitative estimate of drug-likeness (QED) is 0.433. The fourth-order valence-corrected chi connectivity index (χ4v) is 4.50. The van der Waals surface area contributed by atoms with E-state index in [-0.39, 0.29) is 24.4 Å². The number of nitrogen functional groups attached to an aromatic ring is 1. The largest absolute Gasteiger partial charge is 0.445 e. The second-order valence-electron chi connectivity index (χ2n) is 6.74. The molecule has 0 aliphatic carbocycles. The van der Waals surface area contributed by atoms with Gasteiger partial charge in [0.05, 0.1) is 24.4 Å². The van der Waals surface area contributed by atoms with Crippen LogP contribution in [0.4, 0.5) is 10.1 Å². The number of rotatable bonds is 8. The van der Waals surface area contributed by atoms with Crippen LogP contribution in [0.3, 0.4) is 0 Å². The van der Waals surface area contributed by atoms with Crippen molar-refractivity contribution in [3.05, 3.63) is 30.1 Å². The normalized spacial score (nSPS) is 12.4. The molecule has 0 bridgehead atoms. The molecule has 0 amide bonds. The minimum absolute atomic E-state index is 0.0117. The fourth-order valence-electron chi connectivity index (χ4n) is 3.03. The van der Waals surface area contributed by atoms with Crippen molar-refractivity contribution in [1.82, 2.24) is 9.55 Å².